The van der Waals surface area contributed by atoms with Crippen molar-refractivity contribution >= 4 is 46.7 Å². The number of imide groups is 1. The molecule has 2 aromatic carbocycles. The molecule has 1 aromatic heterocycles. The first-order valence-corrected chi connectivity index (χ1v) is 10.0. The van der Waals surface area contributed by atoms with E-state index >= 15 is 0 Å². The molecule has 9 heteroatoms. The second-order valence-electron chi connectivity index (χ2n) is 6.81. The van der Waals surface area contributed by atoms with Gasteiger partial charge in [-0.25, -0.2) is 4.68 Å². The van der Waals surface area contributed by atoms with Gasteiger partial charge in [-0.15, -0.1) is 6.58 Å². The molecule has 0 aliphatic carbocycles. The van der Waals surface area contributed by atoms with Gasteiger partial charge >= 0.3 is 0 Å². The van der Waals surface area contributed by atoms with Gasteiger partial charge < -0.3 is 5.32 Å². The molecule has 0 spiro atoms. The second-order valence-corrected chi connectivity index (χ2v) is 7.60. The van der Waals surface area contributed by atoms with Crippen molar-refractivity contribution in [3.8, 4) is 0 Å². The Morgan fingerprint density at radius 3 is 2.65 bits per heavy atom. The fourth-order valence-electron chi connectivity index (χ4n) is 3.31. The number of fused-ring (bicyclic) bond motifs is 1. The van der Waals surface area contributed by atoms with Crippen molar-refractivity contribution in [3.63, 3.8) is 0 Å². The normalized spacial score (nSPS) is 12.8. The van der Waals surface area contributed by atoms with E-state index in [4.69, 9.17) is 23.2 Å². The molecule has 0 unspecified atom stereocenters. The molecule has 0 atom stereocenters. The van der Waals surface area contributed by atoms with Crippen LogP contribution in [0.2, 0.25) is 10.0 Å². The first kappa shape index (κ1) is 20.8. The Bertz CT molecular complexity index is 1240. The summed E-state index contributed by atoms with van der Waals surface area (Å²) in [6.07, 6.45) is 3.02. The van der Waals surface area contributed by atoms with Gasteiger partial charge in [0, 0.05) is 18.2 Å². The minimum atomic E-state index is -0.449. The van der Waals surface area contributed by atoms with E-state index in [1.54, 1.807) is 29.1 Å². The molecule has 0 saturated carbocycles. The number of nitrogens with zero attached hydrogens (tertiary/aromatic N) is 3. The maximum Gasteiger partial charge on any atom is 0.261 e. The first-order chi connectivity index (χ1) is 14.9. The van der Waals surface area contributed by atoms with E-state index in [9.17, 15) is 14.4 Å². The van der Waals surface area contributed by atoms with Gasteiger partial charge in [0.1, 0.15) is 5.82 Å². The first-order valence-electron chi connectivity index (χ1n) is 9.28. The Morgan fingerprint density at radius 2 is 1.87 bits per heavy atom. The van der Waals surface area contributed by atoms with Gasteiger partial charge in [0.2, 0.25) is 0 Å². The Balaban J connectivity index is 1.55. The molecule has 156 valence electrons. The number of hydrogen-bond acceptors (Lipinski definition) is 4. The van der Waals surface area contributed by atoms with Gasteiger partial charge in [0.25, 0.3) is 17.7 Å². The lowest BCUT2D eigenvalue weighted by Gasteiger charge is -2.11. The molecule has 7 nitrogen and oxygen atoms in total. The lowest BCUT2D eigenvalue weighted by atomic mass is 10.1. The Hall–Kier alpha value is -3.42. The third-order valence-electron chi connectivity index (χ3n) is 4.85. The highest BCUT2D eigenvalue weighted by molar-refractivity contribution is 6.42. The molecular weight excluding hydrogens is 439 g/mol. The van der Waals surface area contributed by atoms with Crippen LogP contribution in [0.5, 0.6) is 0 Å². The SMILES string of the molecule is C=CCN1C(=O)c2ccc(C(=O)Nc3ccnn3Cc3cccc(Cl)c3Cl)cc2C1=O. The summed E-state index contributed by atoms with van der Waals surface area (Å²) in [5.74, 6) is -0.847. The van der Waals surface area contributed by atoms with E-state index in [-0.39, 0.29) is 23.2 Å². The average Bonchev–Trinajstić information content (AvgIpc) is 3.29. The van der Waals surface area contributed by atoms with Crippen LogP contribution in [-0.2, 0) is 6.54 Å². The van der Waals surface area contributed by atoms with Crippen molar-refractivity contribution in [2.45, 2.75) is 6.54 Å². The number of carbonyl (C=O) groups excluding carboxylic acids is 3. The number of amides is 3. The highest BCUT2D eigenvalue weighted by Crippen LogP contribution is 2.27. The van der Waals surface area contributed by atoms with E-state index in [2.05, 4.69) is 17.0 Å². The van der Waals surface area contributed by atoms with E-state index in [0.29, 0.717) is 22.4 Å². The summed E-state index contributed by atoms with van der Waals surface area (Å²) >= 11 is 12.3. The maximum atomic E-state index is 12.8. The summed E-state index contributed by atoms with van der Waals surface area (Å²) in [5, 5.41) is 7.85. The molecule has 3 amide bonds. The largest absolute Gasteiger partial charge is 0.307 e. The lowest BCUT2D eigenvalue weighted by Crippen LogP contribution is -2.29. The minimum Gasteiger partial charge on any atom is -0.307 e. The molecule has 1 N–H and O–H groups in total. The van der Waals surface area contributed by atoms with E-state index in [1.165, 1.54) is 24.3 Å². The molecule has 0 radical (unpaired) electrons. The van der Waals surface area contributed by atoms with Crippen LogP contribution in [0.15, 0.2) is 61.3 Å². The van der Waals surface area contributed by atoms with Crippen molar-refractivity contribution in [1.29, 1.82) is 0 Å². The summed E-state index contributed by atoms with van der Waals surface area (Å²) in [7, 11) is 0. The fourth-order valence-corrected chi connectivity index (χ4v) is 3.69. The Morgan fingerprint density at radius 1 is 1.10 bits per heavy atom. The Kier molecular flexibility index (Phi) is 5.63. The van der Waals surface area contributed by atoms with E-state index in [0.717, 1.165) is 10.5 Å². The van der Waals surface area contributed by atoms with Crippen LogP contribution >= 0.6 is 23.2 Å². The van der Waals surface area contributed by atoms with Crippen molar-refractivity contribution in [2.75, 3.05) is 11.9 Å². The summed E-state index contributed by atoms with van der Waals surface area (Å²) in [4.78, 5) is 38.7. The molecule has 0 fully saturated rings. The maximum absolute atomic E-state index is 12.8. The summed E-state index contributed by atoms with van der Waals surface area (Å²) < 4.78 is 1.57. The van der Waals surface area contributed by atoms with Gasteiger partial charge in [0.15, 0.2) is 0 Å². The molecule has 0 bridgehead atoms. The zero-order valence-electron chi connectivity index (χ0n) is 16.1. The summed E-state index contributed by atoms with van der Waals surface area (Å²) in [5.41, 5.74) is 1.45. The Labute approximate surface area is 187 Å². The van der Waals surface area contributed by atoms with Gasteiger partial charge in [0.05, 0.1) is 33.9 Å². The van der Waals surface area contributed by atoms with Crippen LogP contribution in [0.4, 0.5) is 5.82 Å². The number of anilines is 1. The number of carbonyl (C=O) groups is 3. The van der Waals surface area contributed by atoms with Gasteiger partial charge in [-0.05, 0) is 29.8 Å². The standard InChI is InChI=1S/C22H16Cl2N4O3/c1-2-10-27-21(30)15-7-6-13(11-16(15)22(27)31)20(29)26-18-8-9-25-28(18)12-14-4-3-5-17(23)19(14)24/h2-9,11H,1,10,12H2,(H,26,29). The van der Waals surface area contributed by atoms with E-state index < -0.39 is 17.7 Å². The van der Waals surface area contributed by atoms with Gasteiger partial charge in [-0.2, -0.15) is 5.10 Å². The molecule has 1 aliphatic heterocycles. The zero-order chi connectivity index (χ0) is 22.1. The number of aromatic nitrogens is 2. The fraction of sp³-hybridized carbons (Fsp3) is 0.0909. The number of rotatable bonds is 6. The highest BCUT2D eigenvalue weighted by Gasteiger charge is 2.35. The highest BCUT2D eigenvalue weighted by atomic mass is 35.5. The molecule has 4 rings (SSSR count). The number of hydrogen-bond donors (Lipinski definition) is 1. The third kappa shape index (κ3) is 3.85. The quantitative estimate of drug-likeness (QED) is 0.445. The van der Waals surface area contributed by atoms with Gasteiger partial charge in [-0.3, -0.25) is 19.3 Å². The molecule has 3 aromatic rings. The van der Waals surface area contributed by atoms with Gasteiger partial charge in [-0.1, -0.05) is 41.4 Å². The molecule has 2 heterocycles. The smallest absolute Gasteiger partial charge is 0.261 e. The number of halogens is 2. The third-order valence-corrected chi connectivity index (χ3v) is 5.71. The predicted molar refractivity (Wildman–Crippen MR) is 118 cm³/mol. The topological polar surface area (TPSA) is 84.3 Å². The molecular formula is C22H16Cl2N4O3. The zero-order valence-corrected chi connectivity index (χ0v) is 17.7. The van der Waals surface area contributed by atoms with Crippen molar-refractivity contribution in [1.82, 2.24) is 14.7 Å². The van der Waals surface area contributed by atoms with Crippen molar-refractivity contribution < 1.29 is 14.4 Å². The molecule has 31 heavy (non-hydrogen) atoms. The summed E-state index contributed by atoms with van der Waals surface area (Å²) in [6.45, 7) is 3.97. The minimum absolute atomic E-state index is 0.110. The monoisotopic (exact) mass is 454 g/mol. The summed E-state index contributed by atoms with van der Waals surface area (Å²) in [6, 6.07) is 11.3. The van der Waals surface area contributed by atoms with Crippen molar-refractivity contribution in [3.05, 3.63) is 93.6 Å². The van der Waals surface area contributed by atoms with Crippen molar-refractivity contribution in [2.24, 2.45) is 0 Å². The molecule has 0 saturated heterocycles. The second kappa shape index (κ2) is 8.37. The van der Waals surface area contributed by atoms with Crippen LogP contribution in [0.25, 0.3) is 0 Å². The van der Waals surface area contributed by atoms with Crippen LogP contribution < -0.4 is 5.32 Å². The molecule has 1 aliphatic rings. The van der Waals surface area contributed by atoms with Crippen LogP contribution in [0, 0.1) is 0 Å². The predicted octanol–water partition coefficient (Wildman–Crippen LogP) is 4.27. The van der Waals surface area contributed by atoms with Crippen LogP contribution in [-0.4, -0.2) is 38.9 Å². The van der Waals surface area contributed by atoms with Crippen LogP contribution in [0.1, 0.15) is 36.6 Å². The van der Waals surface area contributed by atoms with E-state index in [1.807, 2.05) is 6.07 Å². The number of nitrogens with one attached hydrogen (secondary N) is 1. The lowest BCUT2D eigenvalue weighted by molar-refractivity contribution is 0.0672. The number of benzene rings is 2. The average molecular weight is 455 g/mol. The van der Waals surface area contributed by atoms with Crippen LogP contribution in [0.3, 0.4) is 0 Å².